The van der Waals surface area contributed by atoms with Crippen molar-refractivity contribution >= 4 is 17.3 Å². The fourth-order valence-corrected chi connectivity index (χ4v) is 3.86. The van der Waals surface area contributed by atoms with Gasteiger partial charge in [0.1, 0.15) is 6.10 Å². The average Bonchev–Trinajstić information content (AvgIpc) is 2.85. The first-order valence-electron chi connectivity index (χ1n) is 10.9. The van der Waals surface area contributed by atoms with E-state index in [2.05, 4.69) is 15.3 Å². The van der Waals surface area contributed by atoms with E-state index < -0.39 is 12.0 Å². The van der Waals surface area contributed by atoms with Crippen LogP contribution in [-0.4, -0.2) is 27.7 Å². The fraction of sp³-hybridized carbons (Fsp3) is 0.185. The van der Waals surface area contributed by atoms with Crippen LogP contribution < -0.4 is 5.32 Å². The average molecular weight is 480 g/mol. The monoisotopic (exact) mass is 479 g/mol. The molecule has 4 rings (SSSR count). The normalized spacial score (nSPS) is 12.4. The summed E-state index contributed by atoms with van der Waals surface area (Å²) in [6.07, 6.45) is 2.24. The molecule has 174 valence electrons. The van der Waals surface area contributed by atoms with E-state index in [-0.39, 0.29) is 5.56 Å². The van der Waals surface area contributed by atoms with Crippen LogP contribution in [0, 0.1) is 0 Å². The molecule has 0 bridgehead atoms. The summed E-state index contributed by atoms with van der Waals surface area (Å²) in [5.41, 5.74) is 4.89. The second-order valence-corrected chi connectivity index (χ2v) is 8.39. The van der Waals surface area contributed by atoms with E-state index in [4.69, 9.17) is 11.6 Å². The van der Waals surface area contributed by atoms with Gasteiger partial charge < -0.3 is 10.4 Å². The van der Waals surface area contributed by atoms with Gasteiger partial charge in [0.05, 0.1) is 16.4 Å². The second-order valence-electron chi connectivity index (χ2n) is 7.98. The van der Waals surface area contributed by atoms with Gasteiger partial charge in [-0.15, -0.1) is 0 Å². The van der Waals surface area contributed by atoms with Crippen molar-refractivity contribution in [3.8, 4) is 22.5 Å². The maximum absolute atomic E-state index is 13.9. The van der Waals surface area contributed by atoms with Crippen molar-refractivity contribution in [2.24, 2.45) is 0 Å². The zero-order valence-corrected chi connectivity index (χ0v) is 19.3. The maximum atomic E-state index is 13.9. The molecule has 4 aromatic rings. The lowest BCUT2D eigenvalue weighted by molar-refractivity contribution is -0.106. The molecule has 2 N–H and O–H groups in total. The van der Waals surface area contributed by atoms with Crippen molar-refractivity contribution < 1.29 is 13.9 Å². The summed E-state index contributed by atoms with van der Waals surface area (Å²) < 4.78 is 27.8. The molecule has 1 atom stereocenters. The molecule has 34 heavy (non-hydrogen) atoms. The molecular weight excluding hydrogens is 456 g/mol. The molecule has 0 aliphatic heterocycles. The van der Waals surface area contributed by atoms with Gasteiger partial charge in [0.2, 0.25) is 0 Å². The number of aliphatic hydroxyl groups excluding tert-OH is 1. The lowest BCUT2D eigenvalue weighted by Gasteiger charge is -2.19. The van der Waals surface area contributed by atoms with Gasteiger partial charge >= 0.3 is 0 Å². The summed E-state index contributed by atoms with van der Waals surface area (Å²) >= 11 is 6.37. The predicted octanol–water partition coefficient (Wildman–Crippen LogP) is 6.59. The number of alkyl halides is 2. The van der Waals surface area contributed by atoms with Gasteiger partial charge in [-0.25, -0.2) is 0 Å². The molecule has 0 fully saturated rings. The van der Waals surface area contributed by atoms with Gasteiger partial charge in [-0.1, -0.05) is 66.2 Å². The van der Waals surface area contributed by atoms with Gasteiger partial charge in [-0.2, -0.15) is 8.78 Å². The van der Waals surface area contributed by atoms with Crippen LogP contribution in [0.2, 0.25) is 5.02 Å². The van der Waals surface area contributed by atoms with Crippen LogP contribution in [0.1, 0.15) is 18.1 Å². The first kappa shape index (κ1) is 23.8. The Morgan fingerprint density at radius 3 is 2.21 bits per heavy atom. The van der Waals surface area contributed by atoms with E-state index in [1.807, 2.05) is 48.5 Å². The molecule has 0 saturated heterocycles. The van der Waals surface area contributed by atoms with Crippen molar-refractivity contribution in [3.63, 3.8) is 0 Å². The molecule has 3 aromatic carbocycles. The third-order valence-electron chi connectivity index (χ3n) is 5.59. The number of hydrogen-bond donors (Lipinski definition) is 2. The highest BCUT2D eigenvalue weighted by Gasteiger charge is 2.37. The Morgan fingerprint density at radius 1 is 0.912 bits per heavy atom. The molecule has 4 nitrogen and oxygen atoms in total. The minimum Gasteiger partial charge on any atom is -0.387 e. The molecular formula is C27H24ClF2N3O. The Balaban J connectivity index is 1.41. The zero-order chi connectivity index (χ0) is 24.1. The number of anilines is 1. The van der Waals surface area contributed by atoms with E-state index >= 15 is 0 Å². The highest BCUT2D eigenvalue weighted by molar-refractivity contribution is 6.33. The molecule has 0 amide bonds. The summed E-state index contributed by atoms with van der Waals surface area (Å²) in [5, 5.41) is 13.2. The van der Waals surface area contributed by atoms with E-state index in [1.54, 1.807) is 24.5 Å². The van der Waals surface area contributed by atoms with Crippen LogP contribution in [0.25, 0.3) is 22.5 Å². The van der Waals surface area contributed by atoms with E-state index in [0.29, 0.717) is 18.0 Å². The minimum absolute atomic E-state index is 0.185. The highest BCUT2D eigenvalue weighted by atomic mass is 35.5. The standard InChI is InChI=1S/C27H24ClF2N3O/c1-18(34)27(29,30)21-10-6-19(7-11-21)14-15-31-22-12-8-20(9-13-22)25-26(33-17-16-32-25)23-4-2-3-5-24(23)28/h2-13,16-18,31,34H,14-15H2,1H3. The number of rotatable bonds is 8. The van der Waals surface area contributed by atoms with Crippen molar-refractivity contribution in [1.82, 2.24) is 9.97 Å². The Kier molecular flexibility index (Phi) is 7.20. The Labute approximate surface area is 202 Å². The van der Waals surface area contributed by atoms with Crippen molar-refractivity contribution in [3.05, 3.63) is 101 Å². The third kappa shape index (κ3) is 5.24. The smallest absolute Gasteiger partial charge is 0.298 e. The molecule has 1 aromatic heterocycles. The number of halogens is 3. The first-order valence-corrected chi connectivity index (χ1v) is 11.3. The van der Waals surface area contributed by atoms with Gasteiger partial charge in [-0.05, 0) is 37.1 Å². The lowest BCUT2D eigenvalue weighted by Crippen LogP contribution is -2.27. The van der Waals surface area contributed by atoms with Crippen molar-refractivity contribution in [2.75, 3.05) is 11.9 Å². The van der Waals surface area contributed by atoms with E-state index in [9.17, 15) is 13.9 Å². The highest BCUT2D eigenvalue weighted by Crippen LogP contribution is 2.33. The molecule has 1 unspecified atom stereocenters. The number of aromatic nitrogens is 2. The van der Waals surface area contributed by atoms with E-state index in [1.165, 1.54) is 12.1 Å². The summed E-state index contributed by atoms with van der Waals surface area (Å²) in [7, 11) is 0. The number of aliphatic hydroxyl groups is 1. The van der Waals surface area contributed by atoms with Crippen molar-refractivity contribution in [1.29, 1.82) is 0 Å². The predicted molar refractivity (Wildman–Crippen MR) is 132 cm³/mol. The van der Waals surface area contributed by atoms with Crippen molar-refractivity contribution in [2.45, 2.75) is 25.4 Å². The van der Waals surface area contributed by atoms with Gasteiger partial charge in [-0.3, -0.25) is 9.97 Å². The number of benzene rings is 3. The van der Waals surface area contributed by atoms with Gasteiger partial charge in [0.25, 0.3) is 5.92 Å². The maximum Gasteiger partial charge on any atom is 0.298 e. The van der Waals surface area contributed by atoms with Crippen LogP contribution >= 0.6 is 11.6 Å². The molecule has 0 radical (unpaired) electrons. The quantitative estimate of drug-likeness (QED) is 0.299. The lowest BCUT2D eigenvalue weighted by atomic mass is 10.0. The Morgan fingerprint density at radius 2 is 1.56 bits per heavy atom. The topological polar surface area (TPSA) is 58.0 Å². The molecule has 0 spiro atoms. The molecule has 1 heterocycles. The Bertz CT molecular complexity index is 1250. The molecule has 0 aliphatic rings. The molecule has 7 heteroatoms. The zero-order valence-electron chi connectivity index (χ0n) is 18.6. The van der Waals surface area contributed by atoms with Gasteiger partial charge in [0, 0.05) is 41.3 Å². The largest absolute Gasteiger partial charge is 0.387 e. The number of hydrogen-bond acceptors (Lipinski definition) is 4. The number of nitrogens with one attached hydrogen (secondary N) is 1. The Hall–Kier alpha value is -3.35. The molecule has 0 aliphatic carbocycles. The van der Waals surface area contributed by atoms with Crippen LogP contribution in [0.5, 0.6) is 0 Å². The first-order chi connectivity index (χ1) is 16.4. The van der Waals surface area contributed by atoms with E-state index in [0.717, 1.165) is 40.7 Å². The van der Waals surface area contributed by atoms with Gasteiger partial charge in [0.15, 0.2) is 0 Å². The SMILES string of the molecule is CC(O)C(F)(F)c1ccc(CCNc2ccc(-c3nccnc3-c3ccccc3Cl)cc2)cc1. The van der Waals surface area contributed by atoms with Crippen LogP contribution in [-0.2, 0) is 12.3 Å². The van der Waals surface area contributed by atoms with Crippen LogP contribution in [0.4, 0.5) is 14.5 Å². The summed E-state index contributed by atoms with van der Waals surface area (Å²) in [6.45, 7) is 1.73. The second kappa shape index (κ2) is 10.3. The molecule has 0 saturated carbocycles. The summed E-state index contributed by atoms with van der Waals surface area (Å²) in [4.78, 5) is 9.02. The fourth-order valence-electron chi connectivity index (χ4n) is 3.63. The summed E-state index contributed by atoms with van der Waals surface area (Å²) in [5.74, 6) is -3.26. The van der Waals surface area contributed by atoms with Crippen LogP contribution in [0.15, 0.2) is 85.2 Å². The summed E-state index contributed by atoms with van der Waals surface area (Å²) in [6, 6.07) is 21.5. The number of nitrogens with zero attached hydrogens (tertiary/aromatic N) is 2. The van der Waals surface area contributed by atoms with Crippen LogP contribution in [0.3, 0.4) is 0 Å². The minimum atomic E-state index is -3.26. The third-order valence-corrected chi connectivity index (χ3v) is 5.92.